The molecule has 0 aliphatic carbocycles. The topological polar surface area (TPSA) is 74.6 Å². The molecule has 0 aliphatic rings. The lowest BCUT2D eigenvalue weighted by atomic mass is 10.2. The Hall–Kier alpha value is -1.84. The van der Waals surface area contributed by atoms with Crippen LogP contribution < -0.4 is 0 Å². The van der Waals surface area contributed by atoms with E-state index in [9.17, 15) is 9.59 Å². The van der Waals surface area contributed by atoms with Gasteiger partial charge in [-0.05, 0) is 19.3 Å². The third kappa shape index (κ3) is 12.2. The van der Waals surface area contributed by atoms with Crippen LogP contribution in [0.15, 0.2) is 36.5 Å². The third-order valence-electron chi connectivity index (χ3n) is 1.72. The van der Waals surface area contributed by atoms with E-state index in [0.29, 0.717) is 6.42 Å². The van der Waals surface area contributed by atoms with Gasteiger partial charge in [-0.3, -0.25) is 4.79 Å². The van der Waals surface area contributed by atoms with Gasteiger partial charge in [-0.15, -0.1) is 0 Å². The van der Waals surface area contributed by atoms with E-state index in [1.54, 1.807) is 12.2 Å². The van der Waals surface area contributed by atoms with Crippen LogP contribution in [0.1, 0.15) is 25.7 Å². The molecule has 0 aromatic rings. The van der Waals surface area contributed by atoms with E-state index in [0.717, 1.165) is 18.9 Å². The van der Waals surface area contributed by atoms with Crippen molar-refractivity contribution in [2.24, 2.45) is 0 Å². The van der Waals surface area contributed by atoms with Crippen LogP contribution >= 0.6 is 0 Å². The highest BCUT2D eigenvalue weighted by Gasteiger charge is 1.93. The van der Waals surface area contributed by atoms with Crippen LogP contribution in [0.4, 0.5) is 0 Å². The smallest absolute Gasteiger partial charge is 0.328 e. The number of hydrogen-bond donors (Lipinski definition) is 2. The molecule has 0 saturated heterocycles. The first-order chi connectivity index (χ1) is 7.63. The van der Waals surface area contributed by atoms with Gasteiger partial charge in [-0.25, -0.2) is 4.79 Å². The number of aliphatic carboxylic acids is 2. The molecule has 2 N–H and O–H groups in total. The molecule has 0 rings (SSSR count). The van der Waals surface area contributed by atoms with Gasteiger partial charge in [0.25, 0.3) is 0 Å². The molecule has 0 saturated carbocycles. The van der Waals surface area contributed by atoms with Crippen molar-refractivity contribution in [1.82, 2.24) is 0 Å². The molecule has 0 heterocycles. The van der Waals surface area contributed by atoms with Gasteiger partial charge in [-0.1, -0.05) is 30.4 Å². The Kier molecular flexibility index (Phi) is 8.59. The predicted octanol–water partition coefficient (Wildman–Crippen LogP) is 2.38. The normalized spacial score (nSPS) is 11.8. The van der Waals surface area contributed by atoms with Crippen molar-refractivity contribution in [3.05, 3.63) is 36.5 Å². The number of carboxylic acids is 2. The minimum atomic E-state index is -0.970. The molecule has 0 spiro atoms. The summed E-state index contributed by atoms with van der Waals surface area (Å²) in [5.74, 6) is -1.73. The summed E-state index contributed by atoms with van der Waals surface area (Å²) in [7, 11) is 0. The fraction of sp³-hybridized carbons (Fsp3) is 0.333. The first-order valence-electron chi connectivity index (χ1n) is 5.07. The van der Waals surface area contributed by atoms with Crippen molar-refractivity contribution in [2.75, 3.05) is 0 Å². The highest BCUT2D eigenvalue weighted by Crippen LogP contribution is 2.00. The average molecular weight is 224 g/mol. The van der Waals surface area contributed by atoms with E-state index >= 15 is 0 Å². The van der Waals surface area contributed by atoms with Gasteiger partial charge in [0.05, 0.1) is 0 Å². The molecule has 0 aromatic carbocycles. The van der Waals surface area contributed by atoms with Crippen LogP contribution in [-0.2, 0) is 9.59 Å². The van der Waals surface area contributed by atoms with E-state index in [2.05, 4.69) is 0 Å². The van der Waals surface area contributed by atoms with Gasteiger partial charge in [0.1, 0.15) is 0 Å². The SMILES string of the molecule is O=C(O)/C=C/C=C/C=C/CCCCC(=O)O. The fourth-order valence-electron chi connectivity index (χ4n) is 0.979. The Labute approximate surface area is 94.6 Å². The van der Waals surface area contributed by atoms with Gasteiger partial charge >= 0.3 is 11.9 Å². The van der Waals surface area contributed by atoms with Crippen molar-refractivity contribution >= 4 is 11.9 Å². The summed E-state index contributed by atoms with van der Waals surface area (Å²) in [6.07, 6.45) is 12.2. The second kappa shape index (κ2) is 9.71. The first-order valence-corrected chi connectivity index (χ1v) is 5.07. The monoisotopic (exact) mass is 224 g/mol. The van der Waals surface area contributed by atoms with Gasteiger partial charge in [0.2, 0.25) is 0 Å². The number of hydrogen-bond acceptors (Lipinski definition) is 2. The van der Waals surface area contributed by atoms with Crippen molar-refractivity contribution in [3.63, 3.8) is 0 Å². The van der Waals surface area contributed by atoms with E-state index in [4.69, 9.17) is 10.2 Å². The van der Waals surface area contributed by atoms with E-state index in [1.807, 2.05) is 12.2 Å². The second-order valence-corrected chi connectivity index (χ2v) is 3.15. The zero-order chi connectivity index (χ0) is 12.2. The Bertz CT molecular complexity index is 300. The highest BCUT2D eigenvalue weighted by atomic mass is 16.4. The summed E-state index contributed by atoms with van der Waals surface area (Å²) >= 11 is 0. The molecule has 0 aromatic heterocycles. The van der Waals surface area contributed by atoms with Crippen LogP contribution in [0.5, 0.6) is 0 Å². The van der Waals surface area contributed by atoms with Crippen LogP contribution in [0.2, 0.25) is 0 Å². The number of carbonyl (C=O) groups is 2. The summed E-state index contributed by atoms with van der Waals surface area (Å²) in [6, 6.07) is 0. The molecule has 4 heteroatoms. The lowest BCUT2D eigenvalue weighted by Crippen LogP contribution is -1.92. The van der Waals surface area contributed by atoms with Crippen LogP contribution in [0, 0.1) is 0 Å². The number of carboxylic acid groups (broad SMARTS) is 2. The maximum Gasteiger partial charge on any atom is 0.328 e. The molecule has 16 heavy (non-hydrogen) atoms. The summed E-state index contributed by atoms with van der Waals surface area (Å²) in [4.78, 5) is 20.3. The molecule has 88 valence electrons. The van der Waals surface area contributed by atoms with Crippen LogP contribution in [0.25, 0.3) is 0 Å². The third-order valence-corrected chi connectivity index (χ3v) is 1.72. The van der Waals surface area contributed by atoms with Crippen molar-refractivity contribution in [1.29, 1.82) is 0 Å². The maximum absolute atomic E-state index is 10.2. The Balaban J connectivity index is 3.47. The molecule has 0 aliphatic heterocycles. The Morgan fingerprint density at radius 1 is 0.938 bits per heavy atom. The lowest BCUT2D eigenvalue weighted by Gasteiger charge is -1.91. The van der Waals surface area contributed by atoms with Gasteiger partial charge in [0, 0.05) is 12.5 Å². The fourth-order valence-corrected chi connectivity index (χ4v) is 0.979. The zero-order valence-corrected chi connectivity index (χ0v) is 9.00. The van der Waals surface area contributed by atoms with E-state index < -0.39 is 11.9 Å². The summed E-state index contributed by atoms with van der Waals surface area (Å²) < 4.78 is 0. The first kappa shape index (κ1) is 14.2. The Morgan fingerprint density at radius 3 is 2.25 bits per heavy atom. The minimum Gasteiger partial charge on any atom is -0.481 e. The number of unbranched alkanes of at least 4 members (excludes halogenated alkanes) is 2. The number of allylic oxidation sites excluding steroid dienone is 5. The maximum atomic E-state index is 10.2. The van der Waals surface area contributed by atoms with Crippen molar-refractivity contribution < 1.29 is 19.8 Å². The van der Waals surface area contributed by atoms with Crippen LogP contribution in [0.3, 0.4) is 0 Å². The average Bonchev–Trinajstić information content (AvgIpc) is 2.20. The second-order valence-electron chi connectivity index (χ2n) is 3.15. The Morgan fingerprint density at radius 2 is 1.62 bits per heavy atom. The van der Waals surface area contributed by atoms with Crippen LogP contribution in [-0.4, -0.2) is 22.2 Å². The molecule has 0 amide bonds. The molecule has 0 bridgehead atoms. The zero-order valence-electron chi connectivity index (χ0n) is 9.00. The molecule has 0 atom stereocenters. The van der Waals surface area contributed by atoms with E-state index in [-0.39, 0.29) is 6.42 Å². The minimum absolute atomic E-state index is 0.213. The van der Waals surface area contributed by atoms with Crippen molar-refractivity contribution in [3.8, 4) is 0 Å². The summed E-state index contributed by atoms with van der Waals surface area (Å²) in [5.41, 5.74) is 0. The summed E-state index contributed by atoms with van der Waals surface area (Å²) in [5, 5.41) is 16.6. The van der Waals surface area contributed by atoms with Gasteiger partial charge < -0.3 is 10.2 Å². The standard InChI is InChI=1S/C12H16O4/c13-11(14)9-7-5-3-1-2-4-6-8-10-12(15)16/h1-3,5,7,9H,4,6,8,10H2,(H,13,14)(H,15,16)/b2-1+,5-3+,9-7+. The van der Waals surface area contributed by atoms with Crippen molar-refractivity contribution in [2.45, 2.75) is 25.7 Å². The molecule has 0 radical (unpaired) electrons. The molecule has 0 unspecified atom stereocenters. The van der Waals surface area contributed by atoms with Gasteiger partial charge in [-0.2, -0.15) is 0 Å². The molecular weight excluding hydrogens is 208 g/mol. The van der Waals surface area contributed by atoms with E-state index in [1.165, 1.54) is 6.08 Å². The predicted molar refractivity (Wildman–Crippen MR) is 61.2 cm³/mol. The number of rotatable bonds is 8. The quantitative estimate of drug-likeness (QED) is 0.377. The molecule has 4 nitrogen and oxygen atoms in total. The summed E-state index contributed by atoms with van der Waals surface area (Å²) in [6.45, 7) is 0. The lowest BCUT2D eigenvalue weighted by molar-refractivity contribution is -0.137. The highest BCUT2D eigenvalue weighted by molar-refractivity contribution is 5.80. The molecular formula is C12H16O4. The van der Waals surface area contributed by atoms with Gasteiger partial charge in [0.15, 0.2) is 0 Å². The largest absolute Gasteiger partial charge is 0.481 e. The molecule has 0 fully saturated rings.